The number of ether oxygens (including phenoxy) is 1. The van der Waals surface area contributed by atoms with Gasteiger partial charge in [-0.2, -0.15) is 0 Å². The molecule has 0 bridgehead atoms. The van der Waals surface area contributed by atoms with E-state index in [1.807, 2.05) is 19.1 Å². The van der Waals surface area contributed by atoms with Crippen LogP contribution in [0.3, 0.4) is 0 Å². The van der Waals surface area contributed by atoms with Gasteiger partial charge in [0.1, 0.15) is 5.76 Å². The predicted octanol–water partition coefficient (Wildman–Crippen LogP) is 4.00. The molecule has 0 radical (unpaired) electrons. The van der Waals surface area contributed by atoms with Crippen LogP contribution in [-0.4, -0.2) is 54.0 Å². The maximum Gasteiger partial charge on any atom is 0.242 e. The Labute approximate surface area is 169 Å². The van der Waals surface area contributed by atoms with Crippen LogP contribution in [0.25, 0.3) is 0 Å². The third-order valence-electron chi connectivity index (χ3n) is 5.14. The van der Waals surface area contributed by atoms with Gasteiger partial charge in [0.05, 0.1) is 25.5 Å². The van der Waals surface area contributed by atoms with Crippen molar-refractivity contribution in [3.05, 3.63) is 24.2 Å². The van der Waals surface area contributed by atoms with Crippen molar-refractivity contribution in [3.63, 3.8) is 0 Å². The van der Waals surface area contributed by atoms with Crippen LogP contribution in [0.1, 0.15) is 71.0 Å². The number of rotatable bonds is 13. The largest absolute Gasteiger partial charge is 0.467 e. The van der Waals surface area contributed by atoms with E-state index in [-0.39, 0.29) is 24.5 Å². The summed E-state index contributed by atoms with van der Waals surface area (Å²) < 4.78 is 11.2. The molecule has 2 rings (SSSR count). The van der Waals surface area contributed by atoms with E-state index in [1.165, 1.54) is 0 Å². The first kappa shape index (κ1) is 22.5. The van der Waals surface area contributed by atoms with E-state index >= 15 is 0 Å². The lowest BCUT2D eigenvalue weighted by atomic mass is 10.1. The highest BCUT2D eigenvalue weighted by Gasteiger charge is 2.26. The highest BCUT2D eigenvalue weighted by atomic mass is 16.5. The van der Waals surface area contributed by atoms with Crippen LogP contribution in [0.2, 0.25) is 0 Å². The monoisotopic (exact) mass is 392 g/mol. The number of nitrogens with zero attached hydrogens (tertiary/aromatic N) is 2. The van der Waals surface area contributed by atoms with Crippen LogP contribution < -0.4 is 0 Å². The second-order valence-electron chi connectivity index (χ2n) is 7.61. The molecule has 2 amide bonds. The fraction of sp³-hybridized carbons (Fsp3) is 0.727. The number of furan rings is 1. The molecule has 1 fully saturated rings. The second kappa shape index (κ2) is 12.6. The fourth-order valence-electron chi connectivity index (χ4n) is 3.57. The van der Waals surface area contributed by atoms with Gasteiger partial charge in [-0.15, -0.1) is 0 Å². The minimum Gasteiger partial charge on any atom is -0.467 e. The van der Waals surface area contributed by atoms with Crippen LogP contribution in [0, 0.1) is 0 Å². The number of hydrogen-bond donors (Lipinski definition) is 0. The van der Waals surface area contributed by atoms with Gasteiger partial charge in [0, 0.05) is 26.1 Å². The Morgan fingerprint density at radius 2 is 1.96 bits per heavy atom. The van der Waals surface area contributed by atoms with Gasteiger partial charge in [0.15, 0.2) is 0 Å². The summed E-state index contributed by atoms with van der Waals surface area (Å²) in [6, 6.07) is 3.70. The van der Waals surface area contributed by atoms with Gasteiger partial charge in [0.2, 0.25) is 11.8 Å². The standard InChI is InChI=1S/C22H36N2O4/c1-3-5-6-7-12-21(25)23(13-4-2)18-22(26)24(16-19-10-8-14-27-19)17-20-11-9-15-28-20/h8,10,14,20H,3-7,9,11-13,15-18H2,1-2H3. The molecule has 0 spiro atoms. The first-order valence-corrected chi connectivity index (χ1v) is 10.8. The zero-order chi connectivity index (χ0) is 20.2. The van der Waals surface area contributed by atoms with Crippen LogP contribution in [-0.2, 0) is 20.9 Å². The van der Waals surface area contributed by atoms with E-state index in [2.05, 4.69) is 6.92 Å². The summed E-state index contributed by atoms with van der Waals surface area (Å²) in [5, 5.41) is 0. The Hall–Kier alpha value is -1.82. The average Bonchev–Trinajstić information content (AvgIpc) is 3.38. The maximum atomic E-state index is 13.1. The Balaban J connectivity index is 1.95. The Bertz CT molecular complexity index is 567. The summed E-state index contributed by atoms with van der Waals surface area (Å²) in [4.78, 5) is 29.2. The summed E-state index contributed by atoms with van der Waals surface area (Å²) in [6.07, 6.45) is 9.33. The quantitative estimate of drug-likeness (QED) is 0.476. The van der Waals surface area contributed by atoms with Crippen molar-refractivity contribution in [2.45, 2.75) is 77.9 Å². The molecule has 1 aliphatic rings. The van der Waals surface area contributed by atoms with Gasteiger partial charge >= 0.3 is 0 Å². The Morgan fingerprint density at radius 1 is 1.11 bits per heavy atom. The zero-order valence-corrected chi connectivity index (χ0v) is 17.5. The van der Waals surface area contributed by atoms with Crippen LogP contribution in [0.5, 0.6) is 0 Å². The summed E-state index contributed by atoms with van der Waals surface area (Å²) in [7, 11) is 0. The van der Waals surface area contributed by atoms with Gasteiger partial charge in [-0.1, -0.05) is 33.1 Å². The first-order valence-electron chi connectivity index (χ1n) is 10.8. The topological polar surface area (TPSA) is 63.0 Å². The van der Waals surface area contributed by atoms with Crippen molar-refractivity contribution in [1.82, 2.24) is 9.80 Å². The van der Waals surface area contributed by atoms with Crippen molar-refractivity contribution < 1.29 is 18.7 Å². The van der Waals surface area contributed by atoms with E-state index in [1.54, 1.807) is 16.1 Å². The molecule has 1 atom stereocenters. The average molecular weight is 393 g/mol. The molecule has 158 valence electrons. The minimum absolute atomic E-state index is 0.0396. The molecule has 2 heterocycles. The lowest BCUT2D eigenvalue weighted by molar-refractivity contribution is -0.142. The maximum absolute atomic E-state index is 13.1. The third kappa shape index (κ3) is 7.66. The van der Waals surface area contributed by atoms with Gasteiger partial charge in [-0.05, 0) is 37.8 Å². The molecule has 0 saturated carbocycles. The van der Waals surface area contributed by atoms with Crippen molar-refractivity contribution in [3.8, 4) is 0 Å². The number of carbonyl (C=O) groups excluding carboxylic acids is 2. The molecule has 0 N–H and O–H groups in total. The molecule has 6 heteroatoms. The van der Waals surface area contributed by atoms with Crippen LogP contribution in [0.4, 0.5) is 0 Å². The van der Waals surface area contributed by atoms with Crippen LogP contribution in [0.15, 0.2) is 22.8 Å². The molecule has 0 aromatic carbocycles. The lowest BCUT2D eigenvalue weighted by Gasteiger charge is -2.28. The van der Waals surface area contributed by atoms with Crippen molar-refractivity contribution >= 4 is 11.8 Å². The van der Waals surface area contributed by atoms with E-state index in [0.717, 1.165) is 57.3 Å². The number of carbonyl (C=O) groups is 2. The number of amides is 2. The summed E-state index contributed by atoms with van der Waals surface area (Å²) in [5.74, 6) is 0.794. The predicted molar refractivity (Wildman–Crippen MR) is 109 cm³/mol. The van der Waals surface area contributed by atoms with Crippen LogP contribution >= 0.6 is 0 Å². The van der Waals surface area contributed by atoms with Crippen molar-refractivity contribution in [1.29, 1.82) is 0 Å². The smallest absolute Gasteiger partial charge is 0.242 e. The molecule has 28 heavy (non-hydrogen) atoms. The normalized spacial score (nSPS) is 16.3. The Kier molecular flexibility index (Phi) is 10.1. The van der Waals surface area contributed by atoms with Gasteiger partial charge in [0.25, 0.3) is 0 Å². The fourth-order valence-corrected chi connectivity index (χ4v) is 3.57. The lowest BCUT2D eigenvalue weighted by Crippen LogP contribution is -2.45. The third-order valence-corrected chi connectivity index (χ3v) is 5.14. The van der Waals surface area contributed by atoms with Crippen molar-refractivity contribution in [2.75, 3.05) is 26.2 Å². The SMILES string of the molecule is CCCCCCC(=O)N(CCC)CC(=O)N(Cc1ccco1)CC1CCCO1. The summed E-state index contributed by atoms with van der Waals surface area (Å²) in [6.45, 7) is 6.66. The van der Waals surface area contributed by atoms with Gasteiger partial charge in [-0.25, -0.2) is 0 Å². The van der Waals surface area contributed by atoms with E-state index < -0.39 is 0 Å². The summed E-state index contributed by atoms with van der Waals surface area (Å²) in [5.41, 5.74) is 0. The molecule has 1 aliphatic heterocycles. The van der Waals surface area contributed by atoms with Gasteiger partial charge in [-0.3, -0.25) is 9.59 Å². The molecule has 1 unspecified atom stereocenters. The minimum atomic E-state index is -0.0396. The first-order chi connectivity index (χ1) is 13.6. The van der Waals surface area contributed by atoms with E-state index in [4.69, 9.17) is 9.15 Å². The van der Waals surface area contributed by atoms with E-state index in [9.17, 15) is 9.59 Å². The second-order valence-corrected chi connectivity index (χ2v) is 7.61. The molecule has 1 aromatic rings. The molecule has 1 aromatic heterocycles. The van der Waals surface area contributed by atoms with Crippen molar-refractivity contribution in [2.24, 2.45) is 0 Å². The zero-order valence-electron chi connectivity index (χ0n) is 17.5. The number of unbranched alkanes of at least 4 members (excludes halogenated alkanes) is 3. The Morgan fingerprint density at radius 3 is 2.61 bits per heavy atom. The molecule has 6 nitrogen and oxygen atoms in total. The molecular formula is C22H36N2O4. The highest BCUT2D eigenvalue weighted by molar-refractivity contribution is 5.84. The molecule has 0 aliphatic carbocycles. The number of hydrogen-bond acceptors (Lipinski definition) is 4. The highest BCUT2D eigenvalue weighted by Crippen LogP contribution is 2.16. The summed E-state index contributed by atoms with van der Waals surface area (Å²) >= 11 is 0. The molecular weight excluding hydrogens is 356 g/mol. The van der Waals surface area contributed by atoms with E-state index in [0.29, 0.717) is 26.1 Å². The van der Waals surface area contributed by atoms with Gasteiger partial charge < -0.3 is 19.0 Å². The molecule has 1 saturated heterocycles.